The van der Waals surface area contributed by atoms with Gasteiger partial charge in [0.05, 0.1) is 12.8 Å². The molecule has 0 aliphatic heterocycles. The molecule has 11 heavy (non-hydrogen) atoms. The van der Waals surface area contributed by atoms with Gasteiger partial charge in [-0.3, -0.25) is 0 Å². The molecule has 0 aliphatic carbocycles. The Labute approximate surface area is 65.4 Å². The Kier molecular flexibility index (Phi) is 2.25. The zero-order valence-corrected chi connectivity index (χ0v) is 6.66. The van der Waals surface area contributed by atoms with Gasteiger partial charge < -0.3 is 10.5 Å². The highest BCUT2D eigenvalue weighted by Crippen LogP contribution is 2.19. The minimum atomic E-state index is 0.455. The van der Waals surface area contributed by atoms with Gasteiger partial charge in [-0.25, -0.2) is 4.98 Å². The average molecular weight is 153 g/mol. The average Bonchev–Trinajstić information content (AvgIpc) is 2.05. The summed E-state index contributed by atoms with van der Waals surface area (Å²) in [6, 6.07) is 0. The van der Waals surface area contributed by atoms with E-state index in [-0.39, 0.29) is 0 Å². The molecule has 4 nitrogen and oxygen atoms in total. The van der Waals surface area contributed by atoms with Crippen molar-refractivity contribution in [2.75, 3.05) is 12.8 Å². The SMILES string of the molecule is CCc1ncnc(OC)c1N. The Morgan fingerprint density at radius 2 is 2.27 bits per heavy atom. The van der Waals surface area contributed by atoms with E-state index in [1.54, 1.807) is 0 Å². The standard InChI is InChI=1S/C7H11N3O/c1-3-5-6(8)7(11-2)10-4-9-5/h4H,3,8H2,1-2H3. The van der Waals surface area contributed by atoms with Gasteiger partial charge in [-0.1, -0.05) is 6.92 Å². The van der Waals surface area contributed by atoms with Crippen LogP contribution in [0.5, 0.6) is 5.88 Å². The summed E-state index contributed by atoms with van der Waals surface area (Å²) >= 11 is 0. The number of ether oxygens (including phenoxy) is 1. The van der Waals surface area contributed by atoms with Gasteiger partial charge in [-0.15, -0.1) is 0 Å². The van der Waals surface area contributed by atoms with E-state index in [1.165, 1.54) is 13.4 Å². The number of nitrogens with zero attached hydrogens (tertiary/aromatic N) is 2. The molecule has 4 heteroatoms. The Hall–Kier alpha value is -1.32. The summed E-state index contributed by atoms with van der Waals surface area (Å²) in [6.45, 7) is 1.98. The summed E-state index contributed by atoms with van der Waals surface area (Å²) in [6.07, 6.45) is 2.25. The molecule has 1 rings (SSSR count). The molecular formula is C7H11N3O. The number of methoxy groups -OCH3 is 1. The van der Waals surface area contributed by atoms with Crippen molar-refractivity contribution in [2.24, 2.45) is 0 Å². The van der Waals surface area contributed by atoms with Crippen LogP contribution in [0, 0.1) is 0 Å². The van der Waals surface area contributed by atoms with E-state index in [2.05, 4.69) is 9.97 Å². The Balaban J connectivity index is 3.10. The maximum absolute atomic E-state index is 5.65. The number of aryl methyl sites for hydroxylation is 1. The minimum absolute atomic E-state index is 0.455. The predicted molar refractivity (Wildman–Crippen MR) is 42.4 cm³/mol. The van der Waals surface area contributed by atoms with Gasteiger partial charge in [0.2, 0.25) is 5.88 Å². The summed E-state index contributed by atoms with van der Waals surface area (Å²) in [5.74, 6) is 0.455. The van der Waals surface area contributed by atoms with Crippen LogP contribution in [0.15, 0.2) is 6.33 Å². The summed E-state index contributed by atoms with van der Waals surface area (Å²) in [5.41, 5.74) is 7.02. The fraction of sp³-hybridized carbons (Fsp3) is 0.429. The smallest absolute Gasteiger partial charge is 0.240 e. The molecule has 0 saturated heterocycles. The minimum Gasteiger partial charge on any atom is -0.479 e. The van der Waals surface area contributed by atoms with Crippen LogP contribution in [0.2, 0.25) is 0 Å². The quantitative estimate of drug-likeness (QED) is 0.677. The lowest BCUT2D eigenvalue weighted by Crippen LogP contribution is -2.01. The zero-order valence-electron chi connectivity index (χ0n) is 6.66. The first-order chi connectivity index (χ1) is 5.29. The number of anilines is 1. The van der Waals surface area contributed by atoms with Gasteiger partial charge in [0, 0.05) is 0 Å². The fourth-order valence-corrected chi connectivity index (χ4v) is 0.858. The maximum Gasteiger partial charge on any atom is 0.240 e. The molecule has 0 amide bonds. The van der Waals surface area contributed by atoms with Crippen molar-refractivity contribution < 1.29 is 4.74 Å². The first-order valence-corrected chi connectivity index (χ1v) is 3.43. The van der Waals surface area contributed by atoms with Crippen LogP contribution < -0.4 is 10.5 Å². The third-order valence-corrected chi connectivity index (χ3v) is 1.46. The van der Waals surface area contributed by atoms with Crippen LogP contribution in [0.1, 0.15) is 12.6 Å². The second-order valence-electron chi connectivity index (χ2n) is 2.10. The van der Waals surface area contributed by atoms with Crippen LogP contribution in [0.25, 0.3) is 0 Å². The van der Waals surface area contributed by atoms with Crippen molar-refractivity contribution >= 4 is 5.69 Å². The molecule has 0 saturated carbocycles. The Morgan fingerprint density at radius 1 is 1.55 bits per heavy atom. The number of nitrogens with two attached hydrogens (primary N) is 1. The van der Waals surface area contributed by atoms with E-state index >= 15 is 0 Å². The van der Waals surface area contributed by atoms with Gasteiger partial charge in [-0.2, -0.15) is 4.98 Å². The number of aromatic nitrogens is 2. The molecule has 0 aliphatic rings. The van der Waals surface area contributed by atoms with Gasteiger partial charge in [0.25, 0.3) is 0 Å². The molecule has 0 fully saturated rings. The number of nitrogen functional groups attached to an aromatic ring is 1. The summed E-state index contributed by atoms with van der Waals surface area (Å²) in [4.78, 5) is 7.84. The van der Waals surface area contributed by atoms with Crippen molar-refractivity contribution in [1.29, 1.82) is 0 Å². The fourth-order valence-electron chi connectivity index (χ4n) is 0.858. The molecule has 60 valence electrons. The van der Waals surface area contributed by atoms with Crippen LogP contribution in [-0.4, -0.2) is 17.1 Å². The molecule has 0 bridgehead atoms. The van der Waals surface area contributed by atoms with Crippen molar-refractivity contribution in [2.45, 2.75) is 13.3 Å². The van der Waals surface area contributed by atoms with E-state index < -0.39 is 0 Å². The maximum atomic E-state index is 5.65. The van der Waals surface area contributed by atoms with Crippen LogP contribution in [0.3, 0.4) is 0 Å². The number of rotatable bonds is 2. The lowest BCUT2D eigenvalue weighted by molar-refractivity contribution is 0.398. The first kappa shape index (κ1) is 7.78. The molecule has 0 atom stereocenters. The summed E-state index contributed by atoms with van der Waals surface area (Å²) in [7, 11) is 1.54. The van der Waals surface area contributed by atoms with Gasteiger partial charge in [0.15, 0.2) is 0 Å². The van der Waals surface area contributed by atoms with Crippen molar-refractivity contribution in [1.82, 2.24) is 9.97 Å². The van der Waals surface area contributed by atoms with Crippen LogP contribution >= 0.6 is 0 Å². The monoisotopic (exact) mass is 153 g/mol. The third kappa shape index (κ3) is 1.39. The van der Waals surface area contributed by atoms with E-state index in [9.17, 15) is 0 Å². The topological polar surface area (TPSA) is 61.0 Å². The molecule has 1 aromatic heterocycles. The highest BCUT2D eigenvalue weighted by Gasteiger charge is 2.04. The molecule has 0 spiro atoms. The van der Waals surface area contributed by atoms with Crippen molar-refractivity contribution in [3.05, 3.63) is 12.0 Å². The summed E-state index contributed by atoms with van der Waals surface area (Å²) < 4.78 is 4.91. The van der Waals surface area contributed by atoms with Crippen molar-refractivity contribution in [3.8, 4) is 5.88 Å². The molecule has 1 heterocycles. The summed E-state index contributed by atoms with van der Waals surface area (Å²) in [5, 5.41) is 0. The molecule has 1 aromatic rings. The third-order valence-electron chi connectivity index (χ3n) is 1.46. The van der Waals surface area contributed by atoms with Gasteiger partial charge in [0.1, 0.15) is 12.0 Å². The van der Waals surface area contributed by atoms with Crippen LogP contribution in [0.4, 0.5) is 5.69 Å². The largest absolute Gasteiger partial charge is 0.479 e. The van der Waals surface area contributed by atoms with E-state index in [0.717, 1.165) is 12.1 Å². The molecule has 2 N–H and O–H groups in total. The molecule has 0 aromatic carbocycles. The predicted octanol–water partition coefficient (Wildman–Crippen LogP) is 0.630. The van der Waals surface area contributed by atoms with Gasteiger partial charge >= 0.3 is 0 Å². The highest BCUT2D eigenvalue weighted by molar-refractivity contribution is 5.51. The van der Waals surface area contributed by atoms with Gasteiger partial charge in [-0.05, 0) is 6.42 Å². The second kappa shape index (κ2) is 3.18. The lowest BCUT2D eigenvalue weighted by Gasteiger charge is -2.04. The number of hydrogen-bond acceptors (Lipinski definition) is 4. The zero-order chi connectivity index (χ0) is 8.27. The Bertz CT molecular complexity index is 227. The number of hydrogen-bond donors (Lipinski definition) is 1. The lowest BCUT2D eigenvalue weighted by atomic mass is 10.3. The molecule has 0 radical (unpaired) electrons. The van der Waals surface area contributed by atoms with Crippen LogP contribution in [-0.2, 0) is 6.42 Å². The van der Waals surface area contributed by atoms with E-state index in [4.69, 9.17) is 10.5 Å². The van der Waals surface area contributed by atoms with Crippen molar-refractivity contribution in [3.63, 3.8) is 0 Å². The van der Waals surface area contributed by atoms with E-state index in [0.29, 0.717) is 11.6 Å². The molecular weight excluding hydrogens is 142 g/mol. The molecule has 0 unspecified atom stereocenters. The normalized spacial score (nSPS) is 9.64. The highest BCUT2D eigenvalue weighted by atomic mass is 16.5. The van der Waals surface area contributed by atoms with E-state index in [1.807, 2.05) is 6.92 Å². The second-order valence-corrected chi connectivity index (χ2v) is 2.10. The Morgan fingerprint density at radius 3 is 2.82 bits per heavy atom. The first-order valence-electron chi connectivity index (χ1n) is 3.43.